The van der Waals surface area contributed by atoms with Crippen molar-refractivity contribution in [3.05, 3.63) is 0 Å². The second-order valence-corrected chi connectivity index (χ2v) is 3.13. The summed E-state index contributed by atoms with van der Waals surface area (Å²) in [5.41, 5.74) is 0. The molecule has 0 spiro atoms. The van der Waals surface area contributed by atoms with Crippen LogP contribution in [0.3, 0.4) is 0 Å². The number of rotatable bonds is 0. The smallest absolute Gasteiger partial charge is 0.339 e. The molecule has 2 heterocycles. The fraction of sp³-hybridized carbons (Fsp3) is 0.571. The number of carbonyl (C=O) groups is 3. The molecule has 0 aliphatic carbocycles. The van der Waals surface area contributed by atoms with Gasteiger partial charge >= 0.3 is 18.0 Å². The number of hydrogen-bond acceptors (Lipinski definition) is 4. The number of carbonyl (C=O) groups excluding carboxylic acids is 3. The molecular weight excluding hydrogens is 176 g/mol. The molecule has 2 aliphatic heterocycles. The van der Waals surface area contributed by atoms with Crippen molar-refractivity contribution in [2.45, 2.75) is 12.1 Å². The SMILES string of the molecule is CN1C(=O)N(C)[C@H]2C(=O)OC(=O)[C@H]21. The fourth-order valence-corrected chi connectivity index (χ4v) is 1.70. The van der Waals surface area contributed by atoms with E-state index in [1.54, 1.807) is 0 Å². The van der Waals surface area contributed by atoms with E-state index in [0.29, 0.717) is 0 Å². The summed E-state index contributed by atoms with van der Waals surface area (Å²) in [6.45, 7) is 0. The zero-order valence-corrected chi connectivity index (χ0v) is 7.18. The van der Waals surface area contributed by atoms with Gasteiger partial charge in [-0.15, -0.1) is 0 Å². The molecule has 0 N–H and O–H groups in total. The maximum absolute atomic E-state index is 11.3. The minimum absolute atomic E-state index is 0.333. The molecule has 2 saturated heterocycles. The largest absolute Gasteiger partial charge is 0.390 e. The predicted molar refractivity (Wildman–Crippen MR) is 39.6 cm³/mol. The lowest BCUT2D eigenvalue weighted by Crippen LogP contribution is -2.37. The van der Waals surface area contributed by atoms with Crippen LogP contribution in [0.4, 0.5) is 4.79 Å². The second kappa shape index (κ2) is 2.21. The molecule has 0 aromatic rings. The van der Waals surface area contributed by atoms with Crippen molar-refractivity contribution in [3.63, 3.8) is 0 Å². The molecule has 2 fully saturated rings. The Hall–Kier alpha value is -1.59. The molecule has 13 heavy (non-hydrogen) atoms. The van der Waals surface area contributed by atoms with Crippen molar-refractivity contribution in [2.75, 3.05) is 14.1 Å². The first kappa shape index (κ1) is 8.03. The minimum atomic E-state index is -0.759. The Morgan fingerprint density at radius 2 is 1.38 bits per heavy atom. The van der Waals surface area contributed by atoms with E-state index in [2.05, 4.69) is 4.74 Å². The molecule has 0 bridgehead atoms. The van der Waals surface area contributed by atoms with Crippen molar-refractivity contribution in [3.8, 4) is 0 Å². The van der Waals surface area contributed by atoms with Crippen molar-refractivity contribution in [1.29, 1.82) is 0 Å². The highest BCUT2D eigenvalue weighted by molar-refractivity contribution is 6.06. The molecule has 6 nitrogen and oxygen atoms in total. The normalized spacial score (nSPS) is 32.6. The molecule has 2 rings (SSSR count). The van der Waals surface area contributed by atoms with Crippen LogP contribution in [0.2, 0.25) is 0 Å². The summed E-state index contributed by atoms with van der Waals surface area (Å²) in [4.78, 5) is 36.0. The number of cyclic esters (lactones) is 2. The van der Waals surface area contributed by atoms with E-state index in [-0.39, 0.29) is 6.03 Å². The van der Waals surface area contributed by atoms with Crippen molar-refractivity contribution < 1.29 is 19.1 Å². The molecule has 0 unspecified atom stereocenters. The number of amides is 2. The molecule has 0 radical (unpaired) electrons. The zero-order chi connectivity index (χ0) is 9.75. The standard InChI is InChI=1S/C7H8N2O4/c1-8-3-4(9(2)7(8)12)6(11)13-5(3)10/h3-4H,1-2H3/t3-,4+. The Kier molecular flexibility index (Phi) is 1.37. The Balaban J connectivity index is 2.41. The van der Waals surface area contributed by atoms with Crippen LogP contribution in [0.15, 0.2) is 0 Å². The van der Waals surface area contributed by atoms with Gasteiger partial charge in [0.1, 0.15) is 0 Å². The first-order valence-electron chi connectivity index (χ1n) is 3.79. The summed E-state index contributed by atoms with van der Waals surface area (Å²) in [7, 11) is 2.95. The number of urea groups is 1. The van der Waals surface area contributed by atoms with E-state index in [4.69, 9.17) is 0 Å². The molecule has 2 atom stereocenters. The van der Waals surface area contributed by atoms with E-state index in [1.807, 2.05) is 0 Å². The predicted octanol–water partition coefficient (Wildman–Crippen LogP) is -1.20. The van der Waals surface area contributed by atoms with Gasteiger partial charge in [0.2, 0.25) is 0 Å². The van der Waals surface area contributed by atoms with E-state index in [0.717, 1.165) is 0 Å². The third kappa shape index (κ3) is 0.796. The quantitative estimate of drug-likeness (QED) is 0.350. The number of fused-ring (bicyclic) bond motifs is 1. The highest BCUT2D eigenvalue weighted by Crippen LogP contribution is 2.26. The number of hydrogen-bond donors (Lipinski definition) is 0. The van der Waals surface area contributed by atoms with Gasteiger partial charge in [-0.25, -0.2) is 14.4 Å². The maximum atomic E-state index is 11.3. The van der Waals surface area contributed by atoms with Gasteiger partial charge in [0.25, 0.3) is 0 Å². The summed E-state index contributed by atoms with van der Waals surface area (Å²) in [6.07, 6.45) is 0. The lowest BCUT2D eigenvalue weighted by molar-refractivity contribution is -0.154. The van der Waals surface area contributed by atoms with Crippen molar-refractivity contribution in [2.24, 2.45) is 0 Å². The Morgan fingerprint density at radius 1 is 1.00 bits per heavy atom. The maximum Gasteiger partial charge on any atom is 0.339 e. The lowest BCUT2D eigenvalue weighted by Gasteiger charge is -2.12. The average Bonchev–Trinajstić information content (AvgIpc) is 2.47. The lowest BCUT2D eigenvalue weighted by atomic mass is 10.1. The monoisotopic (exact) mass is 184 g/mol. The van der Waals surface area contributed by atoms with Gasteiger partial charge in [0, 0.05) is 14.1 Å². The minimum Gasteiger partial charge on any atom is -0.390 e. The molecule has 70 valence electrons. The van der Waals surface area contributed by atoms with Gasteiger partial charge < -0.3 is 14.5 Å². The summed E-state index contributed by atoms with van der Waals surface area (Å²) in [6, 6.07) is -1.85. The summed E-state index contributed by atoms with van der Waals surface area (Å²) in [5, 5.41) is 0. The second-order valence-electron chi connectivity index (χ2n) is 3.13. The Morgan fingerprint density at radius 3 is 1.77 bits per heavy atom. The topological polar surface area (TPSA) is 66.9 Å². The van der Waals surface area contributed by atoms with Crippen LogP contribution in [0.25, 0.3) is 0 Å². The van der Waals surface area contributed by atoms with Gasteiger partial charge in [-0.3, -0.25) is 0 Å². The highest BCUT2D eigenvalue weighted by atomic mass is 16.6. The average molecular weight is 184 g/mol. The van der Waals surface area contributed by atoms with Gasteiger partial charge in [-0.05, 0) is 0 Å². The van der Waals surface area contributed by atoms with Crippen LogP contribution in [0.5, 0.6) is 0 Å². The third-order valence-corrected chi connectivity index (χ3v) is 2.42. The zero-order valence-electron chi connectivity index (χ0n) is 7.18. The number of likely N-dealkylation sites (N-methyl/N-ethyl adjacent to an activating group) is 2. The van der Waals surface area contributed by atoms with Crippen molar-refractivity contribution in [1.82, 2.24) is 9.80 Å². The number of ether oxygens (including phenoxy) is 1. The summed E-state index contributed by atoms with van der Waals surface area (Å²) >= 11 is 0. The van der Waals surface area contributed by atoms with Crippen molar-refractivity contribution >= 4 is 18.0 Å². The van der Waals surface area contributed by atoms with E-state index in [1.165, 1.54) is 23.9 Å². The molecule has 2 aliphatic rings. The summed E-state index contributed by atoms with van der Waals surface area (Å²) < 4.78 is 4.40. The van der Waals surface area contributed by atoms with Crippen LogP contribution in [0, 0.1) is 0 Å². The van der Waals surface area contributed by atoms with Gasteiger partial charge in [-0.2, -0.15) is 0 Å². The van der Waals surface area contributed by atoms with Crippen LogP contribution >= 0.6 is 0 Å². The number of esters is 2. The van der Waals surface area contributed by atoms with Gasteiger partial charge in [-0.1, -0.05) is 0 Å². The Bertz CT molecular complexity index is 286. The molecule has 2 amide bonds. The Labute approximate surface area is 74.0 Å². The summed E-state index contributed by atoms with van der Waals surface area (Å²) in [5.74, 6) is -1.29. The van der Waals surface area contributed by atoms with Crippen LogP contribution in [-0.2, 0) is 14.3 Å². The van der Waals surface area contributed by atoms with Gasteiger partial charge in [0.15, 0.2) is 12.1 Å². The highest BCUT2D eigenvalue weighted by Gasteiger charge is 2.57. The molecular formula is C7H8N2O4. The first-order chi connectivity index (χ1) is 6.04. The van der Waals surface area contributed by atoms with Crippen LogP contribution in [0.1, 0.15) is 0 Å². The van der Waals surface area contributed by atoms with E-state index in [9.17, 15) is 14.4 Å². The van der Waals surface area contributed by atoms with E-state index >= 15 is 0 Å². The molecule has 0 aromatic carbocycles. The first-order valence-corrected chi connectivity index (χ1v) is 3.79. The number of nitrogens with zero attached hydrogens (tertiary/aromatic N) is 2. The molecule has 0 saturated carbocycles. The van der Waals surface area contributed by atoms with Crippen LogP contribution < -0.4 is 0 Å². The molecule has 6 heteroatoms. The van der Waals surface area contributed by atoms with Crippen LogP contribution in [-0.4, -0.2) is 53.9 Å². The van der Waals surface area contributed by atoms with Gasteiger partial charge in [0.05, 0.1) is 0 Å². The fourth-order valence-electron chi connectivity index (χ4n) is 1.70. The van der Waals surface area contributed by atoms with E-state index < -0.39 is 24.0 Å². The third-order valence-electron chi connectivity index (χ3n) is 2.42. The molecule has 0 aromatic heterocycles.